The molecule has 0 N–H and O–H groups in total. The number of amides is 2. The predicted molar refractivity (Wildman–Crippen MR) is 99.0 cm³/mol. The van der Waals surface area contributed by atoms with Gasteiger partial charge in [0.25, 0.3) is 0 Å². The molecule has 142 valence electrons. The van der Waals surface area contributed by atoms with Gasteiger partial charge in [-0.25, -0.2) is 14.4 Å². The summed E-state index contributed by atoms with van der Waals surface area (Å²) in [6.45, 7) is 5.32. The van der Waals surface area contributed by atoms with Crippen molar-refractivity contribution in [1.29, 1.82) is 0 Å². The fraction of sp³-hybridized carbons (Fsp3) is 0.529. The number of benzene rings is 1. The normalized spacial score (nSPS) is 17.1. The van der Waals surface area contributed by atoms with Crippen LogP contribution in [-0.2, 0) is 18.1 Å². The van der Waals surface area contributed by atoms with Crippen molar-refractivity contribution in [2.45, 2.75) is 26.7 Å². The highest BCUT2D eigenvalue weighted by Gasteiger charge is 2.35. The molecule has 1 saturated heterocycles. The van der Waals surface area contributed by atoms with Gasteiger partial charge < -0.3 is 9.42 Å². The van der Waals surface area contributed by atoms with E-state index in [1.807, 2.05) is 23.1 Å². The van der Waals surface area contributed by atoms with Crippen LogP contribution in [-0.4, -0.2) is 49.7 Å². The molecule has 26 heavy (non-hydrogen) atoms. The first kappa shape index (κ1) is 18.9. The first-order valence-electron chi connectivity index (χ1n) is 8.88. The monoisotopic (exact) mass is 381 g/mol. The number of hydrogen-bond donors (Lipinski definition) is 0. The Kier molecular flexibility index (Phi) is 5.96. The lowest BCUT2D eigenvalue weighted by Crippen LogP contribution is -2.45. The number of likely N-dealkylation sites (tertiary alicyclic amines) is 1. The fourth-order valence-corrected chi connectivity index (χ4v) is 4.18. The number of anilines is 1. The van der Waals surface area contributed by atoms with Gasteiger partial charge in [0.15, 0.2) is 0 Å². The van der Waals surface area contributed by atoms with Crippen LogP contribution in [0.3, 0.4) is 0 Å². The van der Waals surface area contributed by atoms with Crippen LogP contribution in [0, 0.1) is 0 Å². The van der Waals surface area contributed by atoms with E-state index in [0.29, 0.717) is 11.4 Å². The van der Waals surface area contributed by atoms with Crippen molar-refractivity contribution >= 4 is 31.1 Å². The van der Waals surface area contributed by atoms with E-state index in [0.717, 1.165) is 25.9 Å². The van der Waals surface area contributed by atoms with Crippen molar-refractivity contribution < 1.29 is 22.9 Å². The number of carbonyl (C=O) groups is 1. The van der Waals surface area contributed by atoms with Crippen LogP contribution in [0.5, 0.6) is 0 Å². The van der Waals surface area contributed by atoms with E-state index in [2.05, 4.69) is 4.99 Å². The Balaban J connectivity index is 1.87. The Morgan fingerprint density at radius 3 is 2.46 bits per heavy atom. The van der Waals surface area contributed by atoms with Gasteiger partial charge in [-0.05, 0) is 38.8 Å². The van der Waals surface area contributed by atoms with Crippen LogP contribution < -0.4 is 4.90 Å². The van der Waals surface area contributed by atoms with Gasteiger partial charge in [-0.2, -0.15) is 0 Å². The van der Waals surface area contributed by atoms with Crippen molar-refractivity contribution in [3.63, 3.8) is 0 Å². The summed E-state index contributed by atoms with van der Waals surface area (Å²) >= 11 is 0. The van der Waals surface area contributed by atoms with Gasteiger partial charge in [-0.1, -0.05) is 12.1 Å². The smallest absolute Gasteiger partial charge is 0.388 e. The molecule has 1 fully saturated rings. The zero-order chi connectivity index (χ0) is 18.6. The van der Waals surface area contributed by atoms with Gasteiger partial charge in [0.2, 0.25) is 5.90 Å². The van der Waals surface area contributed by atoms with Crippen LogP contribution in [0.4, 0.5) is 16.2 Å². The van der Waals surface area contributed by atoms with E-state index < -0.39 is 7.82 Å². The molecule has 0 atom stereocenters. The third-order valence-electron chi connectivity index (χ3n) is 4.11. The Hall–Kier alpha value is -1.89. The van der Waals surface area contributed by atoms with Gasteiger partial charge in [-0.3, -0.25) is 13.9 Å². The Bertz CT molecular complexity index is 723. The van der Waals surface area contributed by atoms with Crippen LogP contribution in [0.15, 0.2) is 29.3 Å². The molecule has 1 aromatic carbocycles. The van der Waals surface area contributed by atoms with Gasteiger partial charge in [0.1, 0.15) is 6.54 Å². The van der Waals surface area contributed by atoms with Crippen molar-refractivity contribution in [2.24, 2.45) is 4.99 Å². The minimum absolute atomic E-state index is 0.0798. The predicted octanol–water partition coefficient (Wildman–Crippen LogP) is 3.95. The number of para-hydroxylation sites is 2. The Labute approximate surface area is 153 Å². The minimum Gasteiger partial charge on any atom is -0.388 e. The number of phosphoric ester groups is 1. The van der Waals surface area contributed by atoms with Crippen molar-refractivity contribution in [3.8, 4) is 0 Å². The maximum Gasteiger partial charge on any atom is 0.531 e. The molecule has 0 radical (unpaired) electrons. The summed E-state index contributed by atoms with van der Waals surface area (Å²) in [7, 11) is -3.76. The maximum atomic E-state index is 12.9. The molecule has 1 aromatic rings. The fourth-order valence-electron chi connectivity index (χ4n) is 3.01. The molecule has 2 aliphatic heterocycles. The highest BCUT2D eigenvalue weighted by atomic mass is 31.2. The molecule has 0 aromatic heterocycles. The molecule has 0 unspecified atom stereocenters. The van der Waals surface area contributed by atoms with E-state index in [4.69, 9.17) is 13.6 Å². The summed E-state index contributed by atoms with van der Waals surface area (Å²) in [6.07, 6.45) is 2.01. The van der Waals surface area contributed by atoms with Crippen LogP contribution in [0.2, 0.25) is 0 Å². The number of carbonyl (C=O) groups excluding carboxylic acids is 1. The third kappa shape index (κ3) is 4.09. The number of urea groups is 1. The first-order chi connectivity index (χ1) is 12.6. The SMILES string of the molecule is CCOP(=O)(OCC)OC1=Nc2ccccc2N(C(=O)N2CCCC2)C1. The summed E-state index contributed by atoms with van der Waals surface area (Å²) in [5, 5.41) is 0. The zero-order valence-electron chi connectivity index (χ0n) is 15.1. The Morgan fingerprint density at radius 1 is 1.15 bits per heavy atom. The molecule has 9 heteroatoms. The molecule has 2 amide bonds. The first-order valence-corrected chi connectivity index (χ1v) is 10.3. The molecular formula is C17H24N3O5P. The van der Waals surface area contributed by atoms with Crippen LogP contribution in [0.25, 0.3) is 0 Å². The second kappa shape index (κ2) is 8.20. The second-order valence-corrected chi connectivity index (χ2v) is 7.52. The molecule has 3 rings (SSSR count). The number of fused-ring (bicyclic) bond motifs is 1. The second-order valence-electron chi connectivity index (χ2n) is 5.93. The van der Waals surface area contributed by atoms with E-state index in [1.165, 1.54) is 0 Å². The quantitative estimate of drug-likeness (QED) is 0.722. The van der Waals surface area contributed by atoms with Gasteiger partial charge in [0.05, 0.1) is 24.6 Å². The standard InChI is InChI=1S/C17H24N3O5P/c1-3-23-26(22,24-4-2)25-16-13-20(17(21)19-11-7-8-12-19)15-10-6-5-9-14(15)18-16/h5-6,9-10H,3-4,7-8,11-13H2,1-2H3. The lowest BCUT2D eigenvalue weighted by molar-refractivity contribution is 0.163. The average Bonchev–Trinajstić information content (AvgIpc) is 3.15. The molecule has 0 aliphatic carbocycles. The summed E-state index contributed by atoms with van der Waals surface area (Å²) in [4.78, 5) is 20.8. The molecule has 2 aliphatic rings. The summed E-state index contributed by atoms with van der Waals surface area (Å²) in [5.74, 6) is 0.140. The number of nitrogens with zero attached hydrogens (tertiary/aromatic N) is 3. The lowest BCUT2D eigenvalue weighted by atomic mass is 10.2. The number of hydrogen-bond acceptors (Lipinski definition) is 6. The van der Waals surface area contributed by atoms with Crippen molar-refractivity contribution in [1.82, 2.24) is 4.90 Å². The molecule has 8 nitrogen and oxygen atoms in total. The van der Waals surface area contributed by atoms with E-state index in [1.54, 1.807) is 24.8 Å². The highest BCUT2D eigenvalue weighted by molar-refractivity contribution is 7.49. The number of aliphatic imine (C=N–C) groups is 1. The largest absolute Gasteiger partial charge is 0.531 e. The molecular weight excluding hydrogens is 357 g/mol. The topological polar surface area (TPSA) is 80.7 Å². The number of rotatable bonds is 5. The van der Waals surface area contributed by atoms with E-state index in [9.17, 15) is 9.36 Å². The van der Waals surface area contributed by atoms with Gasteiger partial charge in [0, 0.05) is 13.1 Å². The van der Waals surface area contributed by atoms with Gasteiger partial charge in [-0.15, -0.1) is 0 Å². The van der Waals surface area contributed by atoms with Crippen molar-refractivity contribution in [3.05, 3.63) is 24.3 Å². The lowest BCUT2D eigenvalue weighted by Gasteiger charge is -2.32. The summed E-state index contributed by atoms with van der Waals surface area (Å²) < 4.78 is 28.5. The summed E-state index contributed by atoms with van der Waals surface area (Å²) in [5.41, 5.74) is 1.29. The maximum absolute atomic E-state index is 12.9. The molecule has 0 saturated carbocycles. The highest BCUT2D eigenvalue weighted by Crippen LogP contribution is 2.50. The molecule has 2 heterocycles. The van der Waals surface area contributed by atoms with E-state index >= 15 is 0 Å². The third-order valence-corrected chi connectivity index (χ3v) is 5.69. The molecule has 0 spiro atoms. The van der Waals surface area contributed by atoms with Gasteiger partial charge >= 0.3 is 13.9 Å². The molecule has 0 bridgehead atoms. The summed E-state index contributed by atoms with van der Waals surface area (Å²) in [6, 6.07) is 7.21. The average molecular weight is 381 g/mol. The zero-order valence-corrected chi connectivity index (χ0v) is 16.0. The van der Waals surface area contributed by atoms with Crippen molar-refractivity contribution in [2.75, 3.05) is 37.7 Å². The number of phosphoric acid groups is 1. The minimum atomic E-state index is -3.76. The van der Waals surface area contributed by atoms with Crippen LogP contribution in [0.1, 0.15) is 26.7 Å². The van der Waals surface area contributed by atoms with Crippen LogP contribution >= 0.6 is 7.82 Å². The van der Waals surface area contributed by atoms with E-state index in [-0.39, 0.29) is 31.7 Å². The Morgan fingerprint density at radius 2 is 1.81 bits per heavy atom.